The average molecular weight is 415 g/mol. The highest BCUT2D eigenvalue weighted by molar-refractivity contribution is 5.96. The fourth-order valence-electron chi connectivity index (χ4n) is 4.96. The maximum absolute atomic E-state index is 13.1. The molecule has 4 rings (SSSR count). The predicted octanol–water partition coefficient (Wildman–Crippen LogP) is 1.42. The largest absolute Gasteiger partial charge is 0.481 e. The third-order valence-electron chi connectivity index (χ3n) is 6.71. The minimum absolute atomic E-state index is 0.0271. The van der Waals surface area contributed by atoms with E-state index < -0.39 is 12.0 Å². The van der Waals surface area contributed by atoms with E-state index in [1.54, 1.807) is 12.1 Å². The summed E-state index contributed by atoms with van der Waals surface area (Å²) in [7, 11) is 0. The Morgan fingerprint density at radius 2 is 1.77 bits per heavy atom. The van der Waals surface area contributed by atoms with Crippen molar-refractivity contribution in [2.45, 2.75) is 44.7 Å². The van der Waals surface area contributed by atoms with Gasteiger partial charge in [-0.2, -0.15) is 0 Å². The molecule has 0 bridgehead atoms. The van der Waals surface area contributed by atoms with E-state index in [0.29, 0.717) is 17.2 Å². The predicted molar refractivity (Wildman–Crippen MR) is 112 cm³/mol. The number of carbonyl (C=O) groups excluding carboxylic acids is 2. The van der Waals surface area contributed by atoms with E-state index in [1.807, 2.05) is 11.0 Å². The molecule has 3 heterocycles. The third-order valence-corrected chi connectivity index (χ3v) is 6.71. The van der Waals surface area contributed by atoms with Crippen LogP contribution in [-0.4, -0.2) is 60.0 Å². The molecular formula is C22H30N4O4. The van der Waals surface area contributed by atoms with Crippen molar-refractivity contribution in [1.82, 2.24) is 15.5 Å². The van der Waals surface area contributed by atoms with Crippen molar-refractivity contribution in [3.63, 3.8) is 0 Å². The Morgan fingerprint density at radius 1 is 1.07 bits per heavy atom. The zero-order valence-corrected chi connectivity index (χ0v) is 17.2. The van der Waals surface area contributed by atoms with Crippen LogP contribution in [0, 0.1) is 11.8 Å². The molecule has 8 nitrogen and oxygen atoms in total. The van der Waals surface area contributed by atoms with Crippen molar-refractivity contribution in [1.29, 1.82) is 0 Å². The normalized spacial score (nSPS) is 23.1. The Labute approximate surface area is 176 Å². The lowest BCUT2D eigenvalue weighted by atomic mass is 9.79. The van der Waals surface area contributed by atoms with E-state index in [-0.39, 0.29) is 24.8 Å². The highest BCUT2D eigenvalue weighted by Gasteiger charge is 2.30. The molecule has 3 aliphatic heterocycles. The number of nitrogens with one attached hydrogen (secondary N) is 3. The number of anilines is 1. The number of likely N-dealkylation sites (tertiary alicyclic amines) is 1. The van der Waals surface area contributed by atoms with Crippen LogP contribution in [0.2, 0.25) is 0 Å². The Hall–Kier alpha value is -2.61. The summed E-state index contributed by atoms with van der Waals surface area (Å²) in [5.41, 5.74) is 2.11. The monoisotopic (exact) mass is 414 g/mol. The number of aliphatic carboxylic acids is 1. The van der Waals surface area contributed by atoms with Gasteiger partial charge in [-0.15, -0.1) is 0 Å². The number of carboxylic acid groups (broad SMARTS) is 1. The smallest absolute Gasteiger partial charge is 0.305 e. The Balaban J connectivity index is 1.40. The molecule has 0 aliphatic carbocycles. The molecular weight excluding hydrogens is 384 g/mol. The van der Waals surface area contributed by atoms with Crippen molar-refractivity contribution in [3.05, 3.63) is 29.3 Å². The Kier molecular flexibility index (Phi) is 6.22. The zero-order valence-electron chi connectivity index (χ0n) is 17.2. The maximum atomic E-state index is 13.1. The number of fused-ring (bicyclic) bond motifs is 1. The molecule has 2 amide bonds. The summed E-state index contributed by atoms with van der Waals surface area (Å²) in [6, 6.07) is 4.53. The van der Waals surface area contributed by atoms with Gasteiger partial charge in [-0.05, 0) is 74.4 Å². The summed E-state index contributed by atoms with van der Waals surface area (Å²) in [6.45, 7) is 4.07. The first-order valence-electron chi connectivity index (χ1n) is 10.9. The van der Waals surface area contributed by atoms with Crippen LogP contribution in [0.1, 0.15) is 48.0 Å². The standard InChI is InChI=1S/C22H30N4O4/c27-20(28)12-19-21(29)24-13-17-11-16(1-2-18(17)25-19)22(30)26-9-5-15(6-10-26)14-3-7-23-8-4-14/h1-2,11,14-15,19,23,25H,3-10,12-13H2,(H,24,29)(H,27,28). The second kappa shape index (κ2) is 9.04. The first kappa shape index (κ1) is 20.7. The average Bonchev–Trinajstić information content (AvgIpc) is 2.92. The summed E-state index contributed by atoms with van der Waals surface area (Å²) in [5, 5.41) is 18.2. The molecule has 30 heavy (non-hydrogen) atoms. The van der Waals surface area contributed by atoms with Crippen LogP contribution in [0.15, 0.2) is 18.2 Å². The molecule has 0 radical (unpaired) electrons. The number of carboxylic acids is 1. The summed E-state index contributed by atoms with van der Waals surface area (Å²) in [5.74, 6) is 0.143. The number of amides is 2. The number of benzene rings is 1. The molecule has 0 aromatic heterocycles. The lowest BCUT2D eigenvalue weighted by Crippen LogP contribution is -2.42. The van der Waals surface area contributed by atoms with Gasteiger partial charge >= 0.3 is 5.97 Å². The molecule has 162 valence electrons. The number of hydrogen-bond acceptors (Lipinski definition) is 5. The topological polar surface area (TPSA) is 111 Å². The Bertz CT molecular complexity index is 813. The van der Waals surface area contributed by atoms with Gasteiger partial charge in [0.1, 0.15) is 6.04 Å². The summed E-state index contributed by atoms with van der Waals surface area (Å²) in [6.07, 6.45) is 4.32. The van der Waals surface area contributed by atoms with Crippen molar-refractivity contribution < 1.29 is 19.5 Å². The molecule has 8 heteroatoms. The molecule has 1 atom stereocenters. The van der Waals surface area contributed by atoms with Gasteiger partial charge in [-0.1, -0.05) is 0 Å². The Morgan fingerprint density at radius 3 is 2.47 bits per heavy atom. The SMILES string of the molecule is O=C(O)CC1Nc2ccc(C(=O)N3CCC(C4CCNCC4)CC3)cc2CNC1=O. The van der Waals surface area contributed by atoms with E-state index >= 15 is 0 Å². The van der Waals surface area contributed by atoms with E-state index in [1.165, 1.54) is 12.8 Å². The van der Waals surface area contributed by atoms with E-state index in [0.717, 1.165) is 50.5 Å². The van der Waals surface area contributed by atoms with E-state index in [9.17, 15) is 14.4 Å². The molecule has 0 spiro atoms. The molecule has 1 aromatic carbocycles. The minimum atomic E-state index is -1.04. The lowest BCUT2D eigenvalue weighted by Gasteiger charge is -2.37. The van der Waals surface area contributed by atoms with Gasteiger partial charge in [-0.3, -0.25) is 14.4 Å². The molecule has 0 saturated carbocycles. The molecule has 4 N–H and O–H groups in total. The van der Waals surface area contributed by atoms with Gasteiger partial charge in [0.25, 0.3) is 5.91 Å². The van der Waals surface area contributed by atoms with Crippen molar-refractivity contribution in [2.24, 2.45) is 11.8 Å². The second-order valence-electron chi connectivity index (χ2n) is 8.60. The van der Waals surface area contributed by atoms with Crippen LogP contribution < -0.4 is 16.0 Å². The van der Waals surface area contributed by atoms with Crippen LogP contribution in [0.25, 0.3) is 0 Å². The fourth-order valence-corrected chi connectivity index (χ4v) is 4.96. The second-order valence-corrected chi connectivity index (χ2v) is 8.60. The molecule has 1 unspecified atom stereocenters. The molecule has 3 aliphatic rings. The summed E-state index contributed by atoms with van der Waals surface area (Å²) >= 11 is 0. The fraction of sp³-hybridized carbons (Fsp3) is 0.591. The van der Waals surface area contributed by atoms with Crippen LogP contribution >= 0.6 is 0 Å². The number of rotatable bonds is 4. The van der Waals surface area contributed by atoms with Gasteiger partial charge in [0, 0.05) is 30.9 Å². The number of hydrogen-bond donors (Lipinski definition) is 4. The first-order chi connectivity index (χ1) is 14.5. The third kappa shape index (κ3) is 4.59. The summed E-state index contributed by atoms with van der Waals surface area (Å²) in [4.78, 5) is 38.1. The van der Waals surface area contributed by atoms with Gasteiger partial charge < -0.3 is 26.0 Å². The van der Waals surface area contributed by atoms with Crippen molar-refractivity contribution in [2.75, 3.05) is 31.5 Å². The van der Waals surface area contributed by atoms with Gasteiger partial charge in [0.05, 0.1) is 6.42 Å². The van der Waals surface area contributed by atoms with Crippen LogP contribution in [-0.2, 0) is 16.1 Å². The zero-order chi connectivity index (χ0) is 21.1. The maximum Gasteiger partial charge on any atom is 0.305 e. The van der Waals surface area contributed by atoms with Crippen LogP contribution in [0.5, 0.6) is 0 Å². The number of carbonyl (C=O) groups is 3. The number of nitrogens with zero attached hydrogens (tertiary/aromatic N) is 1. The molecule has 1 aromatic rings. The van der Waals surface area contributed by atoms with E-state index in [2.05, 4.69) is 16.0 Å². The van der Waals surface area contributed by atoms with Gasteiger partial charge in [0.2, 0.25) is 5.91 Å². The molecule has 2 fully saturated rings. The van der Waals surface area contributed by atoms with Gasteiger partial charge in [-0.25, -0.2) is 0 Å². The van der Waals surface area contributed by atoms with E-state index in [4.69, 9.17) is 5.11 Å². The highest BCUT2D eigenvalue weighted by atomic mass is 16.4. The lowest BCUT2D eigenvalue weighted by molar-refractivity contribution is -0.139. The van der Waals surface area contributed by atoms with Crippen molar-refractivity contribution in [3.8, 4) is 0 Å². The molecule has 2 saturated heterocycles. The summed E-state index contributed by atoms with van der Waals surface area (Å²) < 4.78 is 0. The minimum Gasteiger partial charge on any atom is -0.481 e. The highest BCUT2D eigenvalue weighted by Crippen LogP contribution is 2.31. The number of piperidine rings is 2. The first-order valence-corrected chi connectivity index (χ1v) is 10.9. The quantitative estimate of drug-likeness (QED) is 0.593. The van der Waals surface area contributed by atoms with Crippen LogP contribution in [0.4, 0.5) is 5.69 Å². The van der Waals surface area contributed by atoms with Crippen molar-refractivity contribution >= 4 is 23.5 Å². The van der Waals surface area contributed by atoms with Crippen LogP contribution in [0.3, 0.4) is 0 Å². The van der Waals surface area contributed by atoms with Gasteiger partial charge in [0.15, 0.2) is 0 Å².